The molecule has 1 fully saturated rings. The zero-order chi connectivity index (χ0) is 13.1. The molecule has 0 amide bonds. The molecule has 0 saturated carbocycles. The number of rotatable bonds is 3. The molecule has 1 aromatic rings. The molecule has 2 unspecified atom stereocenters. The van der Waals surface area contributed by atoms with Crippen LogP contribution < -0.4 is 5.32 Å². The van der Waals surface area contributed by atoms with Gasteiger partial charge < -0.3 is 10.1 Å². The molecule has 1 saturated heterocycles. The van der Waals surface area contributed by atoms with Gasteiger partial charge in [0.25, 0.3) is 0 Å². The number of likely N-dealkylation sites (N-methyl/N-ethyl adjacent to an activating group) is 1. The maximum Gasteiger partial charge on any atom is 0.0769 e. The minimum absolute atomic E-state index is 0.323. The molecule has 0 bridgehead atoms. The quantitative estimate of drug-likeness (QED) is 0.883. The molecule has 0 aliphatic carbocycles. The minimum Gasteiger partial charge on any atom is -0.376 e. The summed E-state index contributed by atoms with van der Waals surface area (Å²) in [6.45, 7) is 7.49. The van der Waals surface area contributed by atoms with Crippen LogP contribution in [0.3, 0.4) is 0 Å². The third kappa shape index (κ3) is 2.76. The van der Waals surface area contributed by atoms with E-state index in [1.165, 1.54) is 35.1 Å². The van der Waals surface area contributed by atoms with Gasteiger partial charge in [0.05, 0.1) is 12.1 Å². The number of hydrogen-bond donors (Lipinski definition) is 1. The summed E-state index contributed by atoms with van der Waals surface area (Å²) in [5.74, 6) is 0. The second-order valence-corrected chi connectivity index (χ2v) is 5.48. The van der Waals surface area contributed by atoms with Crippen LogP contribution in [0.2, 0.25) is 0 Å². The van der Waals surface area contributed by atoms with Crippen molar-refractivity contribution in [3.05, 3.63) is 34.4 Å². The van der Waals surface area contributed by atoms with Gasteiger partial charge >= 0.3 is 0 Å². The third-order valence-corrected chi connectivity index (χ3v) is 3.95. The van der Waals surface area contributed by atoms with Crippen molar-refractivity contribution < 1.29 is 4.74 Å². The SMILES string of the molecule is CNC(c1c(C)cc(C)cc1C)C1CCCCO1. The van der Waals surface area contributed by atoms with E-state index in [9.17, 15) is 0 Å². The van der Waals surface area contributed by atoms with Crippen LogP contribution in [0.15, 0.2) is 12.1 Å². The number of hydrogen-bond acceptors (Lipinski definition) is 2. The van der Waals surface area contributed by atoms with Crippen molar-refractivity contribution in [3.63, 3.8) is 0 Å². The molecule has 1 aromatic carbocycles. The van der Waals surface area contributed by atoms with Crippen molar-refractivity contribution >= 4 is 0 Å². The average Bonchev–Trinajstić information content (AvgIpc) is 2.34. The van der Waals surface area contributed by atoms with Gasteiger partial charge in [0.1, 0.15) is 0 Å². The van der Waals surface area contributed by atoms with Gasteiger partial charge in [-0.2, -0.15) is 0 Å². The maximum atomic E-state index is 5.96. The van der Waals surface area contributed by atoms with E-state index in [2.05, 4.69) is 38.2 Å². The number of ether oxygens (including phenoxy) is 1. The number of nitrogens with one attached hydrogen (secondary N) is 1. The van der Waals surface area contributed by atoms with Crippen molar-refractivity contribution in [2.45, 2.75) is 52.2 Å². The highest BCUT2D eigenvalue weighted by Gasteiger charge is 2.26. The fourth-order valence-corrected chi connectivity index (χ4v) is 3.23. The van der Waals surface area contributed by atoms with Crippen LogP contribution in [0, 0.1) is 20.8 Å². The summed E-state index contributed by atoms with van der Waals surface area (Å²) >= 11 is 0. The fraction of sp³-hybridized carbons (Fsp3) is 0.625. The summed E-state index contributed by atoms with van der Waals surface area (Å²) in [4.78, 5) is 0. The van der Waals surface area contributed by atoms with Crippen LogP contribution in [0.1, 0.15) is 47.6 Å². The molecule has 2 heteroatoms. The summed E-state index contributed by atoms with van der Waals surface area (Å²) in [5.41, 5.74) is 5.52. The van der Waals surface area contributed by atoms with Crippen molar-refractivity contribution in [2.75, 3.05) is 13.7 Å². The minimum atomic E-state index is 0.323. The molecule has 100 valence electrons. The van der Waals surface area contributed by atoms with Gasteiger partial charge in [-0.3, -0.25) is 0 Å². The van der Waals surface area contributed by atoms with Crippen LogP contribution in [0.5, 0.6) is 0 Å². The lowest BCUT2D eigenvalue weighted by Crippen LogP contribution is -2.35. The van der Waals surface area contributed by atoms with Crippen LogP contribution in [0.25, 0.3) is 0 Å². The molecular formula is C16H25NO. The van der Waals surface area contributed by atoms with Crippen molar-refractivity contribution in [2.24, 2.45) is 0 Å². The molecule has 0 radical (unpaired) electrons. The molecule has 1 aliphatic heterocycles. The first-order valence-corrected chi connectivity index (χ1v) is 7.00. The highest BCUT2D eigenvalue weighted by molar-refractivity contribution is 5.40. The lowest BCUT2D eigenvalue weighted by molar-refractivity contribution is -0.00687. The highest BCUT2D eigenvalue weighted by atomic mass is 16.5. The van der Waals surface area contributed by atoms with Crippen molar-refractivity contribution in [1.82, 2.24) is 5.32 Å². The van der Waals surface area contributed by atoms with Crippen LogP contribution in [0.4, 0.5) is 0 Å². The van der Waals surface area contributed by atoms with Gasteiger partial charge in [-0.15, -0.1) is 0 Å². The first-order valence-electron chi connectivity index (χ1n) is 7.00. The summed E-state index contributed by atoms with van der Waals surface area (Å²) < 4.78 is 5.96. The van der Waals surface area contributed by atoms with Crippen LogP contribution >= 0.6 is 0 Å². The van der Waals surface area contributed by atoms with Crippen molar-refractivity contribution in [3.8, 4) is 0 Å². The molecule has 2 rings (SSSR count). The Morgan fingerprint density at radius 1 is 1.17 bits per heavy atom. The Morgan fingerprint density at radius 3 is 2.33 bits per heavy atom. The third-order valence-electron chi connectivity index (χ3n) is 3.95. The zero-order valence-electron chi connectivity index (χ0n) is 12.0. The number of benzene rings is 1. The Kier molecular flexibility index (Phi) is 4.41. The molecular weight excluding hydrogens is 222 g/mol. The predicted molar refractivity (Wildman–Crippen MR) is 76.0 cm³/mol. The maximum absolute atomic E-state index is 5.96. The second-order valence-electron chi connectivity index (χ2n) is 5.48. The molecule has 2 nitrogen and oxygen atoms in total. The zero-order valence-corrected chi connectivity index (χ0v) is 12.0. The molecule has 1 heterocycles. The molecule has 18 heavy (non-hydrogen) atoms. The second kappa shape index (κ2) is 5.85. The van der Waals surface area contributed by atoms with Gasteiger partial charge in [-0.25, -0.2) is 0 Å². The fourth-order valence-electron chi connectivity index (χ4n) is 3.23. The monoisotopic (exact) mass is 247 g/mol. The first-order chi connectivity index (χ1) is 8.63. The average molecular weight is 247 g/mol. The van der Waals surface area contributed by atoms with Gasteiger partial charge in [0.2, 0.25) is 0 Å². The van der Waals surface area contributed by atoms with Crippen LogP contribution in [-0.2, 0) is 4.74 Å². The van der Waals surface area contributed by atoms with Gasteiger partial charge in [0.15, 0.2) is 0 Å². The van der Waals surface area contributed by atoms with Crippen LogP contribution in [-0.4, -0.2) is 19.8 Å². The lowest BCUT2D eigenvalue weighted by atomic mass is 9.89. The van der Waals surface area contributed by atoms with Gasteiger partial charge in [0, 0.05) is 6.61 Å². The number of aryl methyl sites for hydroxylation is 3. The van der Waals surface area contributed by atoms with E-state index in [0.29, 0.717) is 12.1 Å². The highest BCUT2D eigenvalue weighted by Crippen LogP contribution is 2.31. The van der Waals surface area contributed by atoms with Crippen molar-refractivity contribution in [1.29, 1.82) is 0 Å². The van der Waals surface area contributed by atoms with E-state index < -0.39 is 0 Å². The Labute approximate surface area is 111 Å². The Bertz CT molecular complexity index is 385. The topological polar surface area (TPSA) is 21.3 Å². The summed E-state index contributed by atoms with van der Waals surface area (Å²) in [6.07, 6.45) is 3.98. The van der Waals surface area contributed by atoms with Gasteiger partial charge in [-0.05, 0) is 63.8 Å². The molecule has 2 atom stereocenters. The molecule has 0 spiro atoms. The van der Waals surface area contributed by atoms with E-state index in [1.807, 2.05) is 7.05 Å². The smallest absolute Gasteiger partial charge is 0.0769 e. The Balaban J connectivity index is 2.32. The standard InChI is InChI=1S/C16H25NO/c1-11-9-12(2)15(13(3)10-11)16(17-4)14-7-5-6-8-18-14/h9-10,14,16-17H,5-8H2,1-4H3. The normalized spacial score (nSPS) is 21.9. The Hall–Kier alpha value is -0.860. The Morgan fingerprint density at radius 2 is 1.83 bits per heavy atom. The first kappa shape index (κ1) is 13.6. The van der Waals surface area contributed by atoms with Gasteiger partial charge in [-0.1, -0.05) is 17.7 Å². The molecule has 1 N–H and O–H groups in total. The van der Waals surface area contributed by atoms with E-state index in [1.54, 1.807) is 0 Å². The van der Waals surface area contributed by atoms with E-state index in [4.69, 9.17) is 4.74 Å². The lowest BCUT2D eigenvalue weighted by Gasteiger charge is -2.32. The van der Waals surface area contributed by atoms with E-state index in [0.717, 1.165) is 13.0 Å². The summed E-state index contributed by atoms with van der Waals surface area (Å²) in [5, 5.41) is 3.46. The summed E-state index contributed by atoms with van der Waals surface area (Å²) in [7, 11) is 2.04. The van der Waals surface area contributed by atoms with E-state index in [-0.39, 0.29) is 0 Å². The molecule has 1 aliphatic rings. The largest absolute Gasteiger partial charge is 0.376 e. The molecule has 0 aromatic heterocycles. The van der Waals surface area contributed by atoms with E-state index >= 15 is 0 Å². The summed E-state index contributed by atoms with van der Waals surface area (Å²) in [6, 6.07) is 4.87. The predicted octanol–water partition coefficient (Wildman–Crippen LogP) is 3.44.